The topological polar surface area (TPSA) is 500 Å². The van der Waals surface area contributed by atoms with Crippen LogP contribution in [0.1, 0.15) is 125 Å². The van der Waals surface area contributed by atoms with Gasteiger partial charge in [0, 0.05) is 49.8 Å². The lowest BCUT2D eigenvalue weighted by Crippen LogP contribution is -2.62. The molecule has 0 saturated carbocycles. The number of amides is 6. The highest BCUT2D eigenvalue weighted by molar-refractivity contribution is 7.46. The number of rotatable bonds is 13. The van der Waals surface area contributed by atoms with Crippen molar-refractivity contribution in [2.75, 3.05) is 34.6 Å². The Morgan fingerprint density at radius 3 is 2.24 bits per heavy atom. The molecule has 1 aromatic carbocycles. The summed E-state index contributed by atoms with van der Waals surface area (Å²) in [7, 11) is -0.515. The quantitative estimate of drug-likeness (QED) is 0.0260. The SMILES string of the molecule is C=C(NC(=O)c1csc(-c2nc3c(cc2O)-c2nc(cs2)C(=O)NC(C(C)O)C(=O)N/C(=C(\C)OC)c2nc(cs2)C(=O)NC2c4nc(cs4)C(=O)NC(COC(=O)c4c5c6c(cccc6n4OCOP(=O)(O)O)COC(=O)C(OC4CC(C)(O)C(N(C)C)C(C)O4)C2OC5)c2nc-3cs2)n1)C(N)=O. The molecule has 4 aliphatic rings. The fourth-order valence-corrected chi connectivity index (χ4v) is 16.4. The monoisotopic (exact) mass is 1550 g/mol. The predicted octanol–water partition coefficient (Wildman–Crippen LogP) is 3.15. The molecule has 42 heteroatoms. The normalized spacial score (nSPS) is 23.5. The van der Waals surface area contributed by atoms with Crippen molar-refractivity contribution in [2.24, 2.45) is 5.73 Å². The highest BCUT2D eigenvalue weighted by Gasteiger charge is 2.50. The Labute approximate surface area is 607 Å². The number of thiazole rings is 5. The van der Waals surface area contributed by atoms with Gasteiger partial charge in [0.25, 0.3) is 29.5 Å². The number of aromatic hydroxyl groups is 1. The molecule has 11 heterocycles. The molecule has 0 radical (unpaired) electrons. The number of carbonyl (C=O) groups excluding carboxylic acids is 8. The van der Waals surface area contributed by atoms with Crippen LogP contribution in [0.15, 0.2) is 69.2 Å². The van der Waals surface area contributed by atoms with Gasteiger partial charge in [-0.15, -0.1) is 56.7 Å². The number of cyclic esters (lactones) is 2. The molecule has 12 N–H and O–H groups in total. The number of ether oxygens (including phenoxy) is 6. The summed E-state index contributed by atoms with van der Waals surface area (Å²) < 4.78 is 55.6. The molecule has 12 rings (SSSR count). The smallest absolute Gasteiger partial charge is 0.472 e. The van der Waals surface area contributed by atoms with Gasteiger partial charge >= 0.3 is 19.8 Å². The summed E-state index contributed by atoms with van der Waals surface area (Å²) >= 11 is 4.27. The molecule has 8 aromatic rings. The molecule has 0 aliphatic carbocycles. The van der Waals surface area contributed by atoms with Crippen LogP contribution in [-0.2, 0) is 65.1 Å². The lowest BCUT2D eigenvalue weighted by molar-refractivity contribution is -0.280. The number of hydrogen-bond donors (Lipinski definition) is 11. The van der Waals surface area contributed by atoms with E-state index in [-0.39, 0.29) is 110 Å². The number of fused-ring (bicyclic) bond motifs is 15. The number of nitrogens with zero attached hydrogens (tertiary/aromatic N) is 8. The molecule has 10 atom stereocenters. The molecule has 12 bridgehead atoms. The zero-order valence-corrected chi connectivity index (χ0v) is 60.4. The number of aliphatic hydroxyl groups is 2. The first-order chi connectivity index (χ1) is 49.4. The Morgan fingerprint density at radius 2 is 1.54 bits per heavy atom. The zero-order valence-electron chi connectivity index (χ0n) is 55.5. The first-order valence-corrected chi connectivity index (χ1v) is 36.9. The van der Waals surface area contributed by atoms with Crippen molar-refractivity contribution in [3.8, 4) is 38.4 Å². The van der Waals surface area contributed by atoms with Crippen molar-refractivity contribution in [1.29, 1.82) is 0 Å². The number of likely N-dealkylation sites (N-methyl/N-ethyl adjacent to an activating group) is 1. The Hall–Kier alpha value is -9.43. The minimum atomic E-state index is -5.28. The number of phosphoric acid groups is 1. The zero-order chi connectivity index (χ0) is 74.5. The highest BCUT2D eigenvalue weighted by atomic mass is 32.1. The van der Waals surface area contributed by atoms with Gasteiger partial charge in [0.05, 0.1) is 48.8 Å². The molecule has 1 saturated heterocycles. The summed E-state index contributed by atoms with van der Waals surface area (Å²) in [4.78, 5) is 170. The lowest BCUT2D eigenvalue weighted by atomic mass is 9.85. The van der Waals surface area contributed by atoms with Crippen LogP contribution < -0.4 is 37.2 Å². The third kappa shape index (κ3) is 15.4. The lowest BCUT2D eigenvalue weighted by Gasteiger charge is -2.48. The van der Waals surface area contributed by atoms with Crippen molar-refractivity contribution in [1.82, 2.24) is 66.1 Å². The third-order valence-corrected chi connectivity index (χ3v) is 21.6. The van der Waals surface area contributed by atoms with Crippen molar-refractivity contribution in [3.05, 3.63) is 124 Å². The van der Waals surface area contributed by atoms with Crippen LogP contribution in [0.25, 0.3) is 49.3 Å². The summed E-state index contributed by atoms with van der Waals surface area (Å²) in [5.41, 5.74) is 1.28. The van der Waals surface area contributed by atoms with Gasteiger partial charge in [-0.3, -0.25) is 28.8 Å². The minimum absolute atomic E-state index is 0.00449. The van der Waals surface area contributed by atoms with Gasteiger partial charge in [-0.25, -0.2) is 48.6 Å². The van der Waals surface area contributed by atoms with Crippen molar-refractivity contribution in [3.63, 3.8) is 0 Å². The number of esters is 2. The molecule has 548 valence electrons. The molecular weight excluding hydrogens is 1480 g/mol. The van der Waals surface area contributed by atoms with Crippen LogP contribution >= 0.6 is 64.5 Å². The number of aliphatic hydroxyl groups excluding tert-OH is 1. The van der Waals surface area contributed by atoms with Gasteiger partial charge in [-0.1, -0.05) is 18.7 Å². The van der Waals surface area contributed by atoms with E-state index in [2.05, 4.69) is 48.1 Å². The molecule has 104 heavy (non-hydrogen) atoms. The summed E-state index contributed by atoms with van der Waals surface area (Å²) in [5, 5.41) is 54.8. The van der Waals surface area contributed by atoms with Gasteiger partial charge < -0.3 is 95.6 Å². The van der Waals surface area contributed by atoms with Gasteiger partial charge in [0.15, 0.2) is 18.1 Å². The molecule has 10 unspecified atom stereocenters. The van der Waals surface area contributed by atoms with Crippen LogP contribution in [0.5, 0.6) is 5.75 Å². The number of carbonyl (C=O) groups is 8. The number of aromatic nitrogens is 7. The maximum absolute atomic E-state index is 15.5. The second kappa shape index (κ2) is 30.0. The second-order valence-electron chi connectivity index (χ2n) is 24.2. The maximum atomic E-state index is 15.5. The number of primary amides is 1. The molecular formula is C62H63N14O22PS5. The van der Waals surface area contributed by atoms with Gasteiger partial charge in [0.1, 0.15) is 120 Å². The van der Waals surface area contributed by atoms with E-state index in [0.717, 1.165) is 61.4 Å². The van der Waals surface area contributed by atoms with Gasteiger partial charge in [0.2, 0.25) is 12.7 Å². The number of allylic oxidation sites excluding steroid dienone is 1. The van der Waals surface area contributed by atoms with Gasteiger partial charge in [-0.2, -0.15) is 4.73 Å². The third-order valence-electron chi connectivity index (χ3n) is 16.7. The predicted molar refractivity (Wildman–Crippen MR) is 367 cm³/mol. The van der Waals surface area contributed by atoms with Crippen molar-refractivity contribution >= 4 is 128 Å². The van der Waals surface area contributed by atoms with Crippen LogP contribution in [0.4, 0.5) is 0 Å². The number of hydrogen-bond acceptors (Lipinski definition) is 32. The van der Waals surface area contributed by atoms with E-state index < -0.39 is 159 Å². The minimum Gasteiger partial charge on any atom is -0.506 e. The fourth-order valence-electron chi connectivity index (χ4n) is 12.0. The summed E-state index contributed by atoms with van der Waals surface area (Å²) in [5.74, 6) is -8.72. The van der Waals surface area contributed by atoms with E-state index >= 15 is 19.2 Å². The van der Waals surface area contributed by atoms with Crippen LogP contribution in [0.3, 0.4) is 0 Å². The Balaban J connectivity index is 1.06. The molecule has 1 fully saturated rings. The summed E-state index contributed by atoms with van der Waals surface area (Å²) in [6.07, 6.45) is -7.94. The van der Waals surface area contributed by atoms with Crippen LogP contribution in [0.2, 0.25) is 0 Å². The maximum Gasteiger partial charge on any atom is 0.472 e. The fraction of sp³-hybridized carbons (Fsp3) is 0.355. The largest absolute Gasteiger partial charge is 0.506 e. The Morgan fingerprint density at radius 1 is 0.875 bits per heavy atom. The van der Waals surface area contributed by atoms with E-state index in [4.69, 9.17) is 58.5 Å². The van der Waals surface area contributed by atoms with Gasteiger partial charge in [-0.05, 0) is 59.5 Å². The number of nitrogens with one attached hydrogen (secondary N) is 5. The average Bonchev–Trinajstić information content (AvgIpc) is 1.60. The summed E-state index contributed by atoms with van der Waals surface area (Å²) in [6, 6.07) is 0.179. The molecule has 6 amide bonds. The Bertz CT molecular complexity index is 4860. The average molecular weight is 1550 g/mol. The van der Waals surface area contributed by atoms with E-state index in [1.165, 1.54) is 66.1 Å². The van der Waals surface area contributed by atoms with Crippen molar-refractivity contribution in [2.45, 2.75) is 108 Å². The number of methoxy groups -OCH3 is 1. The van der Waals surface area contributed by atoms with E-state index in [1.807, 2.05) is 0 Å². The standard InChI is InChI=1S/C62H63N14O22PS5/c1-23(49(63)79)64-50(80)32-19-103-58(69-32)43-37(78)12-28-42(71-43)31-17-101-56(66-31)30-16-94-60(85)45-29-15-92-46(47(98-38-13-62(5,87)48(75(6)7)26(4)97-38)61(86)93-14-27-10-9-11-36(39(27)29)76(45)95-22-96-99(88,89)90)44(59-70-33(20-104-59)51(81)65-30)74-53(83)35-21-102-57(68-35)41(25(3)91-8)73-54(84)40(24(2)77)72-52(82)34-18-100-55(28)67-34/h9-12,17-21,24,26,30,38,40,44,46-48,77-78,87H,1,13-16,22H2,2-8H3,(H2,63,79)(H,64,80)(H,65,81)(H,72,82)(H,73,84)(H,74,83)(H2,88,89,90)/b41-25+. The van der Waals surface area contributed by atoms with E-state index in [0.29, 0.717) is 0 Å². The van der Waals surface area contributed by atoms with Crippen LogP contribution in [-0.4, -0.2) is 195 Å². The van der Waals surface area contributed by atoms with Crippen molar-refractivity contribution < 1.29 is 106 Å². The number of benzene rings is 1. The van der Waals surface area contributed by atoms with Crippen LogP contribution in [0, 0.1) is 0 Å². The number of nitrogens with two attached hydrogens (primary N) is 1. The first kappa shape index (κ1) is 74.3. The van der Waals surface area contributed by atoms with E-state index in [9.17, 15) is 48.8 Å². The molecule has 0 spiro atoms. The number of phosphoric ester groups is 1. The number of pyridine rings is 1. The first-order valence-electron chi connectivity index (χ1n) is 31.0. The summed E-state index contributed by atoms with van der Waals surface area (Å²) in [6.45, 7) is 6.07. The highest BCUT2D eigenvalue weighted by Crippen LogP contribution is 2.44. The second-order valence-corrected chi connectivity index (χ2v) is 29.8. The van der Waals surface area contributed by atoms with E-state index in [1.54, 1.807) is 38.9 Å². The molecule has 4 aliphatic heterocycles. The Kier molecular flexibility index (Phi) is 21.4. The molecule has 36 nitrogen and oxygen atoms in total. The molecule has 7 aromatic heterocycles.